The molecule has 1 aliphatic carbocycles. The summed E-state index contributed by atoms with van der Waals surface area (Å²) < 4.78 is 12.5. The molecular weight excluding hydrogens is 396 g/mol. The highest BCUT2D eigenvalue weighted by Crippen LogP contribution is 2.31. The fraction of sp³-hybridized carbons (Fsp3) is 0.429. The molecule has 7 heteroatoms. The molecule has 0 bridgehead atoms. The van der Waals surface area contributed by atoms with E-state index >= 15 is 0 Å². The van der Waals surface area contributed by atoms with Gasteiger partial charge in [0.05, 0.1) is 25.1 Å². The van der Waals surface area contributed by atoms with Crippen LogP contribution >= 0.6 is 23.4 Å². The third-order valence-corrected chi connectivity index (χ3v) is 6.18. The van der Waals surface area contributed by atoms with Crippen LogP contribution in [0.3, 0.4) is 0 Å². The maximum Gasteiger partial charge on any atom is 0.262 e. The molecule has 3 rings (SSSR count). The number of thioether (sulfide) groups is 1. The Bertz CT molecular complexity index is 968. The van der Waals surface area contributed by atoms with Gasteiger partial charge in [-0.1, -0.05) is 41.6 Å². The molecule has 0 saturated heterocycles. The fourth-order valence-corrected chi connectivity index (χ4v) is 4.31. The summed E-state index contributed by atoms with van der Waals surface area (Å²) in [5.41, 5.74) is 1.92. The molecule has 1 heterocycles. The van der Waals surface area contributed by atoms with Crippen molar-refractivity contribution >= 4 is 34.3 Å². The summed E-state index contributed by atoms with van der Waals surface area (Å²) in [6.45, 7) is 4.33. The Hall–Kier alpha value is -1.92. The number of ether oxygens (including phenoxy) is 2. The van der Waals surface area contributed by atoms with Gasteiger partial charge in [0.25, 0.3) is 5.56 Å². The van der Waals surface area contributed by atoms with Crippen molar-refractivity contribution in [2.45, 2.75) is 43.8 Å². The summed E-state index contributed by atoms with van der Waals surface area (Å²) in [4.78, 5) is 18.0. The number of nitrogens with zero attached hydrogens (tertiary/aromatic N) is 2. The second-order valence-electron chi connectivity index (χ2n) is 6.74. The first-order chi connectivity index (χ1) is 13.5. The monoisotopic (exact) mass is 420 g/mol. The van der Waals surface area contributed by atoms with Crippen molar-refractivity contribution in [1.82, 2.24) is 9.55 Å². The maximum absolute atomic E-state index is 13.3. The van der Waals surface area contributed by atoms with E-state index in [4.69, 9.17) is 26.1 Å². The molecule has 150 valence electrons. The van der Waals surface area contributed by atoms with Crippen LogP contribution in [0.5, 0.6) is 11.5 Å². The van der Waals surface area contributed by atoms with Crippen molar-refractivity contribution in [2.75, 3.05) is 20.0 Å². The first-order valence-corrected chi connectivity index (χ1v) is 10.7. The average molecular weight is 421 g/mol. The Balaban J connectivity index is 2.04. The lowest BCUT2D eigenvalue weighted by atomic mass is 9.97. The number of rotatable bonds is 8. The molecule has 0 radical (unpaired) electrons. The molecule has 0 atom stereocenters. The van der Waals surface area contributed by atoms with E-state index in [0.717, 1.165) is 19.3 Å². The van der Waals surface area contributed by atoms with Crippen molar-refractivity contribution in [3.8, 4) is 11.5 Å². The summed E-state index contributed by atoms with van der Waals surface area (Å²) in [5, 5.41) is 1.68. The van der Waals surface area contributed by atoms with Gasteiger partial charge in [0, 0.05) is 23.4 Å². The first kappa shape index (κ1) is 20.8. The number of hydrogen-bond acceptors (Lipinski definition) is 5. The number of hydrogen-bond donors (Lipinski definition) is 0. The predicted molar refractivity (Wildman–Crippen MR) is 116 cm³/mol. The molecule has 28 heavy (non-hydrogen) atoms. The molecule has 0 aliphatic heterocycles. The van der Waals surface area contributed by atoms with E-state index in [0.29, 0.717) is 44.9 Å². The number of fused-ring (bicyclic) bond motifs is 1. The van der Waals surface area contributed by atoms with Crippen LogP contribution in [0.4, 0.5) is 0 Å². The van der Waals surface area contributed by atoms with Crippen LogP contribution in [0.1, 0.15) is 32.1 Å². The number of aromatic nitrogens is 2. The molecular formula is C21H25ClN2O3S. The lowest BCUT2D eigenvalue weighted by Crippen LogP contribution is -2.24. The molecule has 1 aromatic carbocycles. The van der Waals surface area contributed by atoms with E-state index < -0.39 is 0 Å². The van der Waals surface area contributed by atoms with E-state index in [1.54, 1.807) is 30.9 Å². The molecule has 0 saturated carbocycles. The molecule has 2 aromatic rings. The Labute approximate surface area is 174 Å². The van der Waals surface area contributed by atoms with Gasteiger partial charge in [0.15, 0.2) is 16.7 Å². The number of halogens is 1. The molecule has 0 unspecified atom stereocenters. The summed E-state index contributed by atoms with van der Waals surface area (Å²) in [6.07, 6.45) is 7.88. The molecule has 1 aliphatic rings. The van der Waals surface area contributed by atoms with E-state index in [9.17, 15) is 4.79 Å². The highest BCUT2D eigenvalue weighted by molar-refractivity contribution is 7.99. The quantitative estimate of drug-likeness (QED) is 0.336. The zero-order chi connectivity index (χ0) is 20.1. The van der Waals surface area contributed by atoms with Gasteiger partial charge in [-0.2, -0.15) is 0 Å². The van der Waals surface area contributed by atoms with Crippen LogP contribution < -0.4 is 15.0 Å². The Morgan fingerprint density at radius 2 is 2.04 bits per heavy atom. The number of allylic oxidation sites excluding steroid dienone is 2. The van der Waals surface area contributed by atoms with E-state index in [2.05, 4.69) is 12.7 Å². The van der Waals surface area contributed by atoms with Crippen LogP contribution in [0.25, 0.3) is 10.9 Å². The first-order valence-electron chi connectivity index (χ1n) is 9.34. The van der Waals surface area contributed by atoms with Crippen LogP contribution in [-0.2, 0) is 6.54 Å². The number of methoxy groups -OCH3 is 2. The number of benzene rings is 1. The van der Waals surface area contributed by atoms with Gasteiger partial charge in [-0.25, -0.2) is 4.98 Å². The van der Waals surface area contributed by atoms with E-state index in [1.807, 2.05) is 0 Å². The molecule has 5 nitrogen and oxygen atoms in total. The van der Waals surface area contributed by atoms with Crippen molar-refractivity contribution in [1.29, 1.82) is 0 Å². The molecule has 0 spiro atoms. The van der Waals surface area contributed by atoms with Crippen molar-refractivity contribution < 1.29 is 9.47 Å². The third kappa shape index (κ3) is 4.73. The van der Waals surface area contributed by atoms with Gasteiger partial charge in [-0.05, 0) is 38.2 Å². The van der Waals surface area contributed by atoms with Crippen molar-refractivity contribution in [3.05, 3.63) is 45.7 Å². The zero-order valence-electron chi connectivity index (χ0n) is 16.3. The van der Waals surface area contributed by atoms with Crippen LogP contribution in [0, 0.1) is 0 Å². The largest absolute Gasteiger partial charge is 0.493 e. The highest BCUT2D eigenvalue weighted by Gasteiger charge is 2.16. The fourth-order valence-electron chi connectivity index (χ4n) is 3.37. The normalized spacial score (nSPS) is 14.0. The van der Waals surface area contributed by atoms with Gasteiger partial charge in [-0.3, -0.25) is 9.36 Å². The molecule has 0 N–H and O–H groups in total. The minimum absolute atomic E-state index is 0.0787. The summed E-state index contributed by atoms with van der Waals surface area (Å²) in [5.74, 6) is 1.56. The van der Waals surface area contributed by atoms with Crippen LogP contribution in [0.2, 0.25) is 0 Å². The Kier molecular flexibility index (Phi) is 7.08. The lowest BCUT2D eigenvalue weighted by Gasteiger charge is -2.17. The van der Waals surface area contributed by atoms with Gasteiger partial charge in [0.1, 0.15) is 0 Å². The minimum atomic E-state index is -0.0787. The summed E-state index contributed by atoms with van der Waals surface area (Å²) in [7, 11) is 3.12. The highest BCUT2D eigenvalue weighted by atomic mass is 35.5. The van der Waals surface area contributed by atoms with E-state index in [-0.39, 0.29) is 5.56 Å². The van der Waals surface area contributed by atoms with Gasteiger partial charge in [0.2, 0.25) is 0 Å². The van der Waals surface area contributed by atoms with Crippen molar-refractivity contribution in [3.63, 3.8) is 0 Å². The van der Waals surface area contributed by atoms with Crippen LogP contribution in [-0.4, -0.2) is 29.5 Å². The smallest absolute Gasteiger partial charge is 0.262 e. The predicted octanol–water partition coefficient (Wildman–Crippen LogP) is 5.15. The summed E-state index contributed by atoms with van der Waals surface area (Å²) >= 11 is 7.37. The average Bonchev–Trinajstić information content (AvgIpc) is 2.71. The van der Waals surface area contributed by atoms with Crippen LogP contribution in [0.15, 0.2) is 45.3 Å². The topological polar surface area (TPSA) is 53.4 Å². The standard InChI is InChI=1S/C21H25ClN2O3S/c1-14(22)13-28-21-23-17-12-19(27-3)18(26-2)11-16(17)20(25)24(21)10-9-15-7-5-4-6-8-15/h7,11-12H,1,4-6,8-10,13H2,2-3H3. The zero-order valence-corrected chi connectivity index (χ0v) is 17.9. The second-order valence-corrected chi connectivity index (χ2v) is 8.22. The van der Waals surface area contributed by atoms with Gasteiger partial charge < -0.3 is 9.47 Å². The van der Waals surface area contributed by atoms with Gasteiger partial charge in [-0.15, -0.1) is 0 Å². The maximum atomic E-state index is 13.3. The SMILES string of the molecule is C=C(Cl)CSc1nc2cc(OC)c(OC)cc2c(=O)n1CCC1=CCCCC1. The Morgan fingerprint density at radius 3 is 2.68 bits per heavy atom. The van der Waals surface area contributed by atoms with Crippen molar-refractivity contribution in [2.24, 2.45) is 0 Å². The minimum Gasteiger partial charge on any atom is -0.493 e. The molecule has 0 amide bonds. The molecule has 0 fully saturated rings. The second kappa shape index (κ2) is 9.52. The summed E-state index contributed by atoms with van der Waals surface area (Å²) in [6, 6.07) is 3.44. The molecule has 1 aromatic heterocycles. The lowest BCUT2D eigenvalue weighted by molar-refractivity contribution is 0.355. The Morgan fingerprint density at radius 1 is 1.29 bits per heavy atom. The van der Waals surface area contributed by atoms with Gasteiger partial charge >= 0.3 is 0 Å². The van der Waals surface area contributed by atoms with E-state index in [1.165, 1.54) is 30.2 Å². The third-order valence-electron chi connectivity index (χ3n) is 4.82.